The van der Waals surface area contributed by atoms with Crippen LogP contribution in [0.25, 0.3) is 0 Å². The number of carbonyl (C=O) groups is 2. The first-order valence-electron chi connectivity index (χ1n) is 3.17. The lowest BCUT2D eigenvalue weighted by Gasteiger charge is -2.19. The molecule has 0 aliphatic carbocycles. The van der Waals surface area contributed by atoms with E-state index in [4.69, 9.17) is 10.2 Å². The maximum Gasteiger partial charge on any atom is 0.335 e. The van der Waals surface area contributed by atoms with E-state index in [-0.39, 0.29) is 0 Å². The van der Waals surface area contributed by atoms with E-state index in [2.05, 4.69) is 5.32 Å². The van der Waals surface area contributed by atoms with E-state index in [0.717, 1.165) is 6.92 Å². The summed E-state index contributed by atoms with van der Waals surface area (Å²) >= 11 is 0. The van der Waals surface area contributed by atoms with Gasteiger partial charge in [0.1, 0.15) is 0 Å². The molecular formula is C6H11NO4. The van der Waals surface area contributed by atoms with Crippen LogP contribution in [0.5, 0.6) is 0 Å². The van der Waals surface area contributed by atoms with Gasteiger partial charge in [-0.25, -0.2) is 9.59 Å². The van der Waals surface area contributed by atoms with Crippen LogP contribution in [-0.2, 0) is 9.59 Å². The number of carboxylic acid groups (broad SMARTS) is 2. The molecule has 11 heavy (non-hydrogen) atoms. The van der Waals surface area contributed by atoms with Crippen molar-refractivity contribution in [1.82, 2.24) is 5.32 Å². The number of hydrogen-bond donors (Lipinski definition) is 3. The highest BCUT2D eigenvalue weighted by Crippen LogP contribution is 2.02. The Labute approximate surface area is 64.0 Å². The zero-order chi connectivity index (χ0) is 9.07. The molecular weight excluding hydrogens is 150 g/mol. The lowest BCUT2D eigenvalue weighted by Crippen LogP contribution is -2.55. The summed E-state index contributed by atoms with van der Waals surface area (Å²) in [6, 6.07) is 0. The van der Waals surface area contributed by atoms with Crippen molar-refractivity contribution in [2.24, 2.45) is 0 Å². The second-order valence-corrected chi connectivity index (χ2v) is 2.27. The van der Waals surface area contributed by atoms with Crippen LogP contribution in [0.1, 0.15) is 13.8 Å². The maximum atomic E-state index is 10.4. The molecule has 5 heteroatoms. The Bertz CT molecular complexity index is 163. The van der Waals surface area contributed by atoms with Crippen LogP contribution in [0.2, 0.25) is 0 Å². The summed E-state index contributed by atoms with van der Waals surface area (Å²) in [7, 11) is 0. The second-order valence-electron chi connectivity index (χ2n) is 2.27. The summed E-state index contributed by atoms with van der Waals surface area (Å²) in [5.74, 6) is -2.77. The van der Waals surface area contributed by atoms with Crippen LogP contribution in [0, 0.1) is 0 Å². The van der Waals surface area contributed by atoms with Gasteiger partial charge in [0, 0.05) is 0 Å². The topological polar surface area (TPSA) is 86.6 Å². The predicted octanol–water partition coefficient (Wildman–Crippen LogP) is -0.476. The van der Waals surface area contributed by atoms with Gasteiger partial charge in [0.2, 0.25) is 5.54 Å². The lowest BCUT2D eigenvalue weighted by atomic mass is 10.0. The van der Waals surface area contributed by atoms with Crippen molar-refractivity contribution in [3.05, 3.63) is 0 Å². The number of aliphatic carboxylic acids is 2. The predicted molar refractivity (Wildman–Crippen MR) is 37.4 cm³/mol. The Morgan fingerprint density at radius 3 is 1.82 bits per heavy atom. The van der Waals surface area contributed by atoms with Gasteiger partial charge in [0.25, 0.3) is 0 Å². The molecule has 5 nitrogen and oxygen atoms in total. The van der Waals surface area contributed by atoms with E-state index in [1.54, 1.807) is 6.92 Å². The first-order chi connectivity index (χ1) is 4.95. The van der Waals surface area contributed by atoms with Crippen molar-refractivity contribution in [2.75, 3.05) is 6.54 Å². The van der Waals surface area contributed by atoms with E-state index in [9.17, 15) is 9.59 Å². The average molecular weight is 161 g/mol. The third kappa shape index (κ3) is 1.91. The van der Waals surface area contributed by atoms with Crippen molar-refractivity contribution in [3.63, 3.8) is 0 Å². The number of hydrogen-bond acceptors (Lipinski definition) is 3. The van der Waals surface area contributed by atoms with E-state index in [1.807, 2.05) is 0 Å². The Morgan fingerprint density at radius 1 is 1.36 bits per heavy atom. The van der Waals surface area contributed by atoms with Crippen molar-refractivity contribution in [3.8, 4) is 0 Å². The molecule has 0 aromatic rings. The molecule has 0 heterocycles. The molecule has 0 atom stereocenters. The molecule has 0 bridgehead atoms. The van der Waals surface area contributed by atoms with Gasteiger partial charge < -0.3 is 10.2 Å². The SMILES string of the molecule is CCNC(C)(C(=O)O)C(=O)O. The smallest absolute Gasteiger partial charge is 0.335 e. The average Bonchev–Trinajstić information content (AvgIpc) is 1.87. The summed E-state index contributed by atoms with van der Waals surface area (Å²) in [5, 5.41) is 19.3. The fraction of sp³-hybridized carbons (Fsp3) is 0.667. The van der Waals surface area contributed by atoms with Gasteiger partial charge in [-0.1, -0.05) is 6.92 Å². The zero-order valence-electron chi connectivity index (χ0n) is 6.42. The largest absolute Gasteiger partial charge is 0.479 e. The molecule has 0 fully saturated rings. The molecule has 64 valence electrons. The molecule has 0 rings (SSSR count). The van der Waals surface area contributed by atoms with Crippen molar-refractivity contribution in [1.29, 1.82) is 0 Å². The molecule has 0 saturated heterocycles. The number of likely N-dealkylation sites (N-methyl/N-ethyl adjacent to an activating group) is 1. The highest BCUT2D eigenvalue weighted by atomic mass is 16.4. The minimum Gasteiger partial charge on any atom is -0.479 e. The van der Waals surface area contributed by atoms with Crippen LogP contribution in [0.4, 0.5) is 0 Å². The monoisotopic (exact) mass is 161 g/mol. The summed E-state index contributed by atoms with van der Waals surface area (Å²) < 4.78 is 0. The van der Waals surface area contributed by atoms with Gasteiger partial charge in [-0.05, 0) is 13.5 Å². The molecule has 0 saturated carbocycles. The third-order valence-electron chi connectivity index (χ3n) is 1.39. The van der Waals surface area contributed by atoms with Gasteiger partial charge in [-0.15, -0.1) is 0 Å². The number of nitrogens with one attached hydrogen (secondary N) is 1. The van der Waals surface area contributed by atoms with E-state index in [1.165, 1.54) is 0 Å². The van der Waals surface area contributed by atoms with Crippen LogP contribution >= 0.6 is 0 Å². The van der Waals surface area contributed by atoms with Crippen LogP contribution in [-0.4, -0.2) is 34.2 Å². The molecule has 0 aliphatic heterocycles. The zero-order valence-corrected chi connectivity index (χ0v) is 6.42. The Morgan fingerprint density at radius 2 is 1.73 bits per heavy atom. The third-order valence-corrected chi connectivity index (χ3v) is 1.39. The van der Waals surface area contributed by atoms with Gasteiger partial charge in [-0.2, -0.15) is 0 Å². The fourth-order valence-electron chi connectivity index (χ4n) is 0.596. The Hall–Kier alpha value is -1.10. The van der Waals surface area contributed by atoms with Crippen molar-refractivity contribution >= 4 is 11.9 Å². The van der Waals surface area contributed by atoms with E-state index in [0.29, 0.717) is 6.54 Å². The molecule has 3 N–H and O–H groups in total. The van der Waals surface area contributed by atoms with E-state index < -0.39 is 17.5 Å². The molecule has 0 radical (unpaired) electrons. The molecule has 0 amide bonds. The highest BCUT2D eigenvalue weighted by Gasteiger charge is 2.40. The van der Waals surface area contributed by atoms with Crippen LogP contribution in [0.3, 0.4) is 0 Å². The van der Waals surface area contributed by atoms with Crippen molar-refractivity contribution < 1.29 is 19.8 Å². The Balaban J connectivity index is 4.52. The molecule has 0 aromatic carbocycles. The molecule has 0 aromatic heterocycles. The molecule has 0 spiro atoms. The minimum absolute atomic E-state index is 0.301. The first-order valence-corrected chi connectivity index (χ1v) is 3.17. The summed E-state index contributed by atoms with van der Waals surface area (Å²) in [5.41, 5.74) is -1.87. The quantitative estimate of drug-likeness (QED) is 0.485. The van der Waals surface area contributed by atoms with Gasteiger partial charge in [0.15, 0.2) is 0 Å². The highest BCUT2D eigenvalue weighted by molar-refractivity contribution is 6.02. The van der Waals surface area contributed by atoms with E-state index >= 15 is 0 Å². The number of carboxylic acids is 2. The van der Waals surface area contributed by atoms with Gasteiger partial charge in [-0.3, -0.25) is 5.32 Å². The lowest BCUT2D eigenvalue weighted by molar-refractivity contribution is -0.157. The summed E-state index contributed by atoms with van der Waals surface area (Å²) in [6.45, 7) is 3.06. The maximum absolute atomic E-state index is 10.4. The summed E-state index contributed by atoms with van der Waals surface area (Å²) in [4.78, 5) is 20.8. The van der Waals surface area contributed by atoms with Crippen LogP contribution < -0.4 is 5.32 Å². The Kier molecular flexibility index (Phi) is 3.00. The standard InChI is InChI=1S/C6H11NO4/c1-3-7-6(2,4(8)9)5(10)11/h7H,3H2,1-2H3,(H,8,9)(H,10,11). The first kappa shape index (κ1) is 9.90. The fourth-order valence-corrected chi connectivity index (χ4v) is 0.596. The van der Waals surface area contributed by atoms with Crippen LogP contribution in [0.15, 0.2) is 0 Å². The normalized spacial score (nSPS) is 11.1. The van der Waals surface area contributed by atoms with Crippen molar-refractivity contribution in [2.45, 2.75) is 19.4 Å². The molecule has 0 aliphatic rings. The summed E-state index contributed by atoms with van der Waals surface area (Å²) in [6.07, 6.45) is 0. The minimum atomic E-state index is -1.87. The van der Waals surface area contributed by atoms with Gasteiger partial charge >= 0.3 is 11.9 Å². The molecule has 0 unspecified atom stereocenters. The second kappa shape index (κ2) is 3.34. The number of rotatable bonds is 4. The van der Waals surface area contributed by atoms with Gasteiger partial charge in [0.05, 0.1) is 0 Å².